The third-order valence-corrected chi connectivity index (χ3v) is 2.38. The topological polar surface area (TPSA) is 118 Å². The number of benzene rings is 1. The number of carbonyl (C=O) groups is 2. The molecule has 0 saturated carbocycles. The van der Waals surface area contributed by atoms with E-state index in [9.17, 15) is 19.7 Å². The van der Waals surface area contributed by atoms with Crippen LogP contribution in [0.25, 0.3) is 0 Å². The van der Waals surface area contributed by atoms with E-state index in [1.165, 1.54) is 13.8 Å². The van der Waals surface area contributed by atoms with Crippen molar-refractivity contribution in [2.75, 3.05) is 0 Å². The van der Waals surface area contributed by atoms with Crippen molar-refractivity contribution in [2.45, 2.75) is 13.8 Å². The molecule has 17 heavy (non-hydrogen) atoms. The van der Waals surface area contributed by atoms with Gasteiger partial charge in [0.25, 0.3) is 5.69 Å². The third kappa shape index (κ3) is 2.07. The first-order chi connectivity index (χ1) is 7.77. The molecule has 7 heteroatoms. The summed E-state index contributed by atoms with van der Waals surface area (Å²) in [5, 5.41) is 28.6. The van der Waals surface area contributed by atoms with Crippen molar-refractivity contribution in [1.82, 2.24) is 0 Å². The largest absolute Gasteiger partial charge is 0.478 e. The normalized spacial score (nSPS) is 10.0. The summed E-state index contributed by atoms with van der Waals surface area (Å²) in [6.45, 7) is 2.54. The maximum atomic E-state index is 10.9. The van der Waals surface area contributed by atoms with Gasteiger partial charge >= 0.3 is 11.9 Å². The van der Waals surface area contributed by atoms with Gasteiger partial charge in [-0.15, -0.1) is 0 Å². The van der Waals surface area contributed by atoms with Crippen LogP contribution >= 0.6 is 0 Å². The number of nitro benzene ring substituents is 1. The summed E-state index contributed by atoms with van der Waals surface area (Å²) in [5.74, 6) is -2.78. The van der Waals surface area contributed by atoms with Crippen LogP contribution < -0.4 is 0 Å². The van der Waals surface area contributed by atoms with Crippen molar-refractivity contribution in [3.63, 3.8) is 0 Å². The van der Waals surface area contributed by atoms with Crippen molar-refractivity contribution in [1.29, 1.82) is 0 Å². The Morgan fingerprint density at radius 3 is 2.12 bits per heavy atom. The Labute approximate surface area is 95.5 Å². The minimum atomic E-state index is -1.45. The third-order valence-electron chi connectivity index (χ3n) is 2.38. The average Bonchev–Trinajstić information content (AvgIpc) is 2.18. The molecule has 0 bridgehead atoms. The number of aromatic carboxylic acids is 2. The van der Waals surface area contributed by atoms with Gasteiger partial charge in [0.1, 0.15) is 5.56 Å². The molecule has 1 aromatic rings. The highest BCUT2D eigenvalue weighted by molar-refractivity contribution is 5.99. The summed E-state index contributed by atoms with van der Waals surface area (Å²) < 4.78 is 0. The first-order valence-electron chi connectivity index (χ1n) is 4.52. The van der Waals surface area contributed by atoms with Gasteiger partial charge in [0.2, 0.25) is 0 Å². The van der Waals surface area contributed by atoms with Gasteiger partial charge in [-0.2, -0.15) is 0 Å². The van der Waals surface area contributed by atoms with E-state index >= 15 is 0 Å². The fourth-order valence-corrected chi connectivity index (χ4v) is 1.62. The molecule has 0 saturated heterocycles. The maximum Gasteiger partial charge on any atom is 0.343 e. The molecule has 0 aliphatic carbocycles. The van der Waals surface area contributed by atoms with E-state index in [0.29, 0.717) is 0 Å². The van der Waals surface area contributed by atoms with Crippen molar-refractivity contribution in [3.8, 4) is 0 Å². The zero-order valence-corrected chi connectivity index (χ0v) is 9.05. The lowest BCUT2D eigenvalue weighted by molar-refractivity contribution is -0.385. The minimum Gasteiger partial charge on any atom is -0.478 e. The van der Waals surface area contributed by atoms with Crippen LogP contribution in [-0.2, 0) is 0 Å². The fourth-order valence-electron chi connectivity index (χ4n) is 1.62. The number of hydrogen-bond acceptors (Lipinski definition) is 4. The van der Waals surface area contributed by atoms with Crippen LogP contribution in [0, 0.1) is 24.0 Å². The summed E-state index contributed by atoms with van der Waals surface area (Å²) in [6.07, 6.45) is 0. The Morgan fingerprint density at radius 1 is 1.24 bits per heavy atom. The van der Waals surface area contributed by atoms with Crippen LogP contribution in [0.2, 0.25) is 0 Å². The van der Waals surface area contributed by atoms with Gasteiger partial charge in [-0.1, -0.05) is 0 Å². The first-order valence-corrected chi connectivity index (χ1v) is 4.52. The highest BCUT2D eigenvalue weighted by Gasteiger charge is 2.29. The van der Waals surface area contributed by atoms with Gasteiger partial charge in [-0.05, 0) is 25.5 Å². The number of hydrogen-bond donors (Lipinski definition) is 2. The average molecular weight is 239 g/mol. The van der Waals surface area contributed by atoms with E-state index in [4.69, 9.17) is 10.2 Å². The number of rotatable bonds is 3. The second kappa shape index (κ2) is 4.20. The van der Waals surface area contributed by atoms with Crippen LogP contribution in [0.15, 0.2) is 6.07 Å². The second-order valence-corrected chi connectivity index (χ2v) is 3.46. The van der Waals surface area contributed by atoms with Crippen LogP contribution in [0.3, 0.4) is 0 Å². The minimum absolute atomic E-state index is 0.0483. The standard InChI is InChI=1S/C10H9NO6/c1-4-3-6(9(12)13)5(2)8(11(16)17)7(4)10(14)15/h3H,1-2H3,(H,12,13)(H,14,15). The van der Waals surface area contributed by atoms with Crippen LogP contribution in [-0.4, -0.2) is 27.1 Å². The predicted molar refractivity (Wildman–Crippen MR) is 56.5 cm³/mol. The number of aryl methyl sites for hydroxylation is 1. The lowest BCUT2D eigenvalue weighted by Crippen LogP contribution is -2.11. The number of carboxylic acid groups (broad SMARTS) is 2. The molecule has 7 nitrogen and oxygen atoms in total. The maximum absolute atomic E-state index is 10.9. The molecule has 2 N–H and O–H groups in total. The smallest absolute Gasteiger partial charge is 0.343 e. The van der Waals surface area contributed by atoms with Crippen LogP contribution in [0.1, 0.15) is 31.8 Å². The summed E-state index contributed by atoms with van der Waals surface area (Å²) in [4.78, 5) is 31.7. The summed E-state index contributed by atoms with van der Waals surface area (Å²) in [6, 6.07) is 1.12. The van der Waals surface area contributed by atoms with Gasteiger partial charge in [0.05, 0.1) is 10.5 Å². The summed E-state index contributed by atoms with van der Waals surface area (Å²) in [7, 11) is 0. The van der Waals surface area contributed by atoms with Gasteiger partial charge in [-0.25, -0.2) is 9.59 Å². The van der Waals surface area contributed by atoms with E-state index in [1.54, 1.807) is 0 Å². The molecule has 0 fully saturated rings. The molecule has 0 radical (unpaired) electrons. The van der Waals surface area contributed by atoms with Crippen molar-refractivity contribution < 1.29 is 24.7 Å². The van der Waals surface area contributed by atoms with E-state index in [1.807, 2.05) is 0 Å². The molecular weight excluding hydrogens is 230 g/mol. The highest BCUT2D eigenvalue weighted by atomic mass is 16.6. The quantitative estimate of drug-likeness (QED) is 0.611. The monoisotopic (exact) mass is 239 g/mol. The molecule has 0 aromatic heterocycles. The molecule has 0 atom stereocenters. The van der Waals surface area contributed by atoms with Gasteiger partial charge in [0, 0.05) is 5.56 Å². The molecule has 90 valence electrons. The van der Waals surface area contributed by atoms with Gasteiger partial charge < -0.3 is 10.2 Å². The Kier molecular flexibility index (Phi) is 3.12. The molecule has 0 unspecified atom stereocenters. The van der Waals surface area contributed by atoms with Gasteiger partial charge in [-0.3, -0.25) is 10.1 Å². The summed E-state index contributed by atoms with van der Waals surface area (Å²) in [5.41, 5.74) is -1.52. The number of carboxylic acids is 2. The molecule has 0 heterocycles. The lowest BCUT2D eigenvalue weighted by Gasteiger charge is -2.08. The van der Waals surface area contributed by atoms with Crippen molar-refractivity contribution >= 4 is 17.6 Å². The zero-order valence-electron chi connectivity index (χ0n) is 9.05. The molecule has 0 amide bonds. The Morgan fingerprint density at radius 2 is 1.76 bits per heavy atom. The molecule has 0 aliphatic rings. The van der Waals surface area contributed by atoms with Crippen LogP contribution in [0.4, 0.5) is 5.69 Å². The van der Waals surface area contributed by atoms with Crippen molar-refractivity contribution in [2.24, 2.45) is 0 Å². The first kappa shape index (κ1) is 12.6. The molecule has 0 spiro atoms. The Hall–Kier alpha value is -2.44. The summed E-state index contributed by atoms with van der Waals surface area (Å²) >= 11 is 0. The van der Waals surface area contributed by atoms with E-state index in [0.717, 1.165) is 6.07 Å². The Balaban J connectivity index is 3.78. The zero-order chi connectivity index (χ0) is 13.3. The van der Waals surface area contributed by atoms with Crippen molar-refractivity contribution in [3.05, 3.63) is 38.4 Å². The molecule has 1 aromatic carbocycles. The second-order valence-electron chi connectivity index (χ2n) is 3.46. The molecule has 0 aliphatic heterocycles. The van der Waals surface area contributed by atoms with E-state index in [2.05, 4.69) is 0 Å². The molecular formula is C10H9NO6. The van der Waals surface area contributed by atoms with E-state index in [-0.39, 0.29) is 16.7 Å². The number of nitrogens with zero attached hydrogens (tertiary/aromatic N) is 1. The fraction of sp³-hybridized carbons (Fsp3) is 0.200. The predicted octanol–water partition coefficient (Wildman–Crippen LogP) is 1.61. The Bertz CT molecular complexity index is 534. The number of nitro groups is 1. The lowest BCUT2D eigenvalue weighted by atomic mass is 9.97. The van der Waals surface area contributed by atoms with Crippen LogP contribution in [0.5, 0.6) is 0 Å². The van der Waals surface area contributed by atoms with Gasteiger partial charge in [0.15, 0.2) is 0 Å². The highest BCUT2D eigenvalue weighted by Crippen LogP contribution is 2.29. The molecule has 1 rings (SSSR count). The SMILES string of the molecule is Cc1cc(C(=O)O)c(C)c([N+](=O)[O-])c1C(=O)O. The van der Waals surface area contributed by atoms with E-state index < -0.39 is 28.1 Å².